The monoisotopic (exact) mass is 437 g/mol. The molecule has 1 heterocycles. The lowest BCUT2D eigenvalue weighted by atomic mass is 9.94. The van der Waals surface area contributed by atoms with Gasteiger partial charge in [0.25, 0.3) is 0 Å². The normalized spacial score (nSPS) is 21.2. The van der Waals surface area contributed by atoms with E-state index >= 15 is 0 Å². The van der Waals surface area contributed by atoms with E-state index < -0.39 is 38.6 Å². The number of hydrogen-bond acceptors (Lipinski definition) is 4. The molecule has 0 N–H and O–H groups in total. The minimum Gasteiger partial charge on any atom is -0.438 e. The summed E-state index contributed by atoms with van der Waals surface area (Å²) in [5.74, 6) is -0.824. The fourth-order valence-corrected chi connectivity index (χ4v) is 4.94. The Morgan fingerprint density at radius 3 is 2.10 bits per heavy atom. The van der Waals surface area contributed by atoms with Crippen LogP contribution in [-0.4, -0.2) is 31.3 Å². The smallest absolute Gasteiger partial charge is 0.417 e. The topological polar surface area (TPSA) is 55.8 Å². The van der Waals surface area contributed by atoms with Crippen LogP contribution in [0.2, 0.25) is 19.6 Å². The molecule has 164 valence electrons. The average Bonchev–Trinajstić information content (AvgIpc) is 3.10. The highest BCUT2D eigenvalue weighted by molar-refractivity contribution is 6.69. The largest absolute Gasteiger partial charge is 0.438 e. The molecule has 0 radical (unpaired) electrons. The summed E-state index contributed by atoms with van der Waals surface area (Å²) in [4.78, 5) is 27.9. The first-order valence-corrected chi connectivity index (χ1v) is 14.1. The maximum atomic E-state index is 13.6. The van der Waals surface area contributed by atoms with Gasteiger partial charge in [-0.1, -0.05) is 79.7 Å². The summed E-state index contributed by atoms with van der Waals surface area (Å²) in [7, 11) is -1.91. The number of amides is 2. The Kier molecular flexibility index (Phi) is 7.13. The van der Waals surface area contributed by atoms with Crippen molar-refractivity contribution in [3.63, 3.8) is 0 Å². The van der Waals surface area contributed by atoms with Gasteiger partial charge in [0.2, 0.25) is 5.91 Å². The highest BCUT2D eigenvalue weighted by Gasteiger charge is 2.48. The van der Waals surface area contributed by atoms with Gasteiger partial charge in [-0.2, -0.15) is 0 Å². The molecule has 2 aromatic rings. The maximum Gasteiger partial charge on any atom is 0.417 e. The molecule has 31 heavy (non-hydrogen) atoms. The Morgan fingerprint density at radius 1 is 1.03 bits per heavy atom. The fraction of sp³-hybridized carbons (Fsp3) is 0.360. The van der Waals surface area contributed by atoms with E-state index in [9.17, 15) is 9.59 Å². The second-order valence-corrected chi connectivity index (χ2v) is 13.2. The molecule has 0 unspecified atom stereocenters. The number of hydrogen-bond donors (Lipinski definition) is 0. The highest BCUT2D eigenvalue weighted by Crippen LogP contribution is 2.44. The van der Waals surface area contributed by atoms with Crippen molar-refractivity contribution in [2.75, 3.05) is 0 Å². The standard InChI is InChI=1S/C25H31NO4Si/c1-6-13-21(30-31(3,4)5)18(2)24(27)26-22(19-14-9-7-10-15-19)23(29-25(26)28)20-16-11-8-12-17-20/h6-18,21-23H,1-5H3/b13-6+/t18-,21+,22-,23+/m1/s1. The first-order chi connectivity index (χ1) is 14.7. The average molecular weight is 438 g/mol. The molecule has 1 aliphatic rings. The Balaban J connectivity index is 1.98. The summed E-state index contributed by atoms with van der Waals surface area (Å²) >= 11 is 0. The van der Waals surface area contributed by atoms with Crippen LogP contribution in [0.3, 0.4) is 0 Å². The SMILES string of the molecule is C/C=C/[C@H](O[Si](C)(C)C)[C@@H](C)C(=O)N1C(=O)O[C@@H](c2ccccc2)[C@H]1c1ccccc1. The van der Waals surface area contributed by atoms with Crippen molar-refractivity contribution in [1.82, 2.24) is 4.90 Å². The van der Waals surface area contributed by atoms with E-state index in [1.807, 2.05) is 86.7 Å². The van der Waals surface area contributed by atoms with E-state index in [1.54, 1.807) is 0 Å². The van der Waals surface area contributed by atoms with Gasteiger partial charge in [0.1, 0.15) is 6.04 Å². The summed E-state index contributed by atoms with van der Waals surface area (Å²) in [5.41, 5.74) is 1.72. The van der Waals surface area contributed by atoms with Gasteiger partial charge in [-0.25, -0.2) is 9.69 Å². The molecule has 0 aromatic heterocycles. The third-order valence-corrected chi connectivity index (χ3v) is 6.23. The van der Waals surface area contributed by atoms with Gasteiger partial charge < -0.3 is 9.16 Å². The predicted octanol–water partition coefficient (Wildman–Crippen LogP) is 5.88. The van der Waals surface area contributed by atoms with Crippen LogP contribution in [0.4, 0.5) is 4.79 Å². The molecule has 5 nitrogen and oxygen atoms in total. The lowest BCUT2D eigenvalue weighted by molar-refractivity contribution is -0.135. The second kappa shape index (κ2) is 9.62. The van der Waals surface area contributed by atoms with Gasteiger partial charge >= 0.3 is 6.09 Å². The van der Waals surface area contributed by atoms with E-state index in [-0.39, 0.29) is 5.91 Å². The zero-order chi connectivity index (χ0) is 22.6. The summed E-state index contributed by atoms with van der Waals surface area (Å²) in [6.07, 6.45) is 2.20. The van der Waals surface area contributed by atoms with Crippen LogP contribution in [0.15, 0.2) is 72.8 Å². The first-order valence-electron chi connectivity index (χ1n) is 10.7. The van der Waals surface area contributed by atoms with Gasteiger partial charge in [0.05, 0.1) is 12.0 Å². The maximum absolute atomic E-state index is 13.6. The van der Waals surface area contributed by atoms with Crippen LogP contribution in [0.1, 0.15) is 37.1 Å². The molecule has 2 aromatic carbocycles. The van der Waals surface area contributed by atoms with Crippen LogP contribution in [0, 0.1) is 5.92 Å². The minimum absolute atomic E-state index is 0.293. The van der Waals surface area contributed by atoms with Crippen molar-refractivity contribution in [2.45, 2.75) is 51.7 Å². The zero-order valence-electron chi connectivity index (χ0n) is 18.8. The predicted molar refractivity (Wildman–Crippen MR) is 124 cm³/mol. The molecule has 0 aliphatic carbocycles. The number of nitrogens with zero attached hydrogens (tertiary/aromatic N) is 1. The van der Waals surface area contributed by atoms with Gasteiger partial charge in [0, 0.05) is 0 Å². The van der Waals surface area contributed by atoms with E-state index in [1.165, 1.54) is 4.90 Å². The van der Waals surface area contributed by atoms with E-state index in [2.05, 4.69) is 19.6 Å². The van der Waals surface area contributed by atoms with Gasteiger partial charge in [-0.05, 0) is 37.7 Å². The van der Waals surface area contributed by atoms with Gasteiger partial charge in [0.15, 0.2) is 14.4 Å². The quantitative estimate of drug-likeness (QED) is 0.401. The third kappa shape index (κ3) is 5.32. The van der Waals surface area contributed by atoms with Crippen molar-refractivity contribution in [2.24, 2.45) is 5.92 Å². The van der Waals surface area contributed by atoms with Crippen molar-refractivity contribution < 1.29 is 18.8 Å². The van der Waals surface area contributed by atoms with Crippen molar-refractivity contribution in [3.05, 3.63) is 83.9 Å². The molecule has 4 atom stereocenters. The lowest BCUT2D eigenvalue weighted by Gasteiger charge is -2.31. The zero-order valence-corrected chi connectivity index (χ0v) is 19.8. The number of carbonyl (C=O) groups excluding carboxylic acids is 2. The molecule has 2 amide bonds. The molecule has 3 rings (SSSR count). The van der Waals surface area contributed by atoms with Crippen LogP contribution in [0.5, 0.6) is 0 Å². The van der Waals surface area contributed by atoms with Crippen molar-refractivity contribution in [1.29, 1.82) is 0 Å². The Bertz CT molecular complexity index is 924. The fourth-order valence-electron chi connectivity index (χ4n) is 3.84. The van der Waals surface area contributed by atoms with Gasteiger partial charge in [-0.15, -0.1) is 0 Å². The second-order valence-electron chi connectivity index (χ2n) is 8.79. The van der Waals surface area contributed by atoms with Gasteiger partial charge in [-0.3, -0.25) is 4.79 Å². The summed E-state index contributed by atoms with van der Waals surface area (Å²) in [6, 6.07) is 18.6. The van der Waals surface area contributed by atoms with Crippen LogP contribution >= 0.6 is 0 Å². The molecule has 0 bridgehead atoms. The molecule has 6 heteroatoms. The van der Waals surface area contributed by atoms with E-state index in [0.717, 1.165) is 11.1 Å². The first kappa shape index (κ1) is 23.0. The van der Waals surface area contributed by atoms with Crippen LogP contribution in [-0.2, 0) is 14.0 Å². The van der Waals surface area contributed by atoms with Crippen molar-refractivity contribution >= 4 is 20.3 Å². The summed E-state index contributed by atoms with van der Waals surface area (Å²) in [6.45, 7) is 9.98. The Morgan fingerprint density at radius 2 is 1.58 bits per heavy atom. The minimum atomic E-state index is -1.91. The summed E-state index contributed by atoms with van der Waals surface area (Å²) < 4.78 is 12.0. The number of ether oxygens (including phenoxy) is 1. The Labute approximate surface area is 185 Å². The summed E-state index contributed by atoms with van der Waals surface area (Å²) in [5, 5.41) is 0. The highest BCUT2D eigenvalue weighted by atomic mass is 28.4. The number of benzene rings is 2. The third-order valence-electron chi connectivity index (χ3n) is 5.25. The lowest BCUT2D eigenvalue weighted by Crippen LogP contribution is -2.44. The van der Waals surface area contributed by atoms with Crippen molar-refractivity contribution in [3.8, 4) is 0 Å². The van der Waals surface area contributed by atoms with E-state index in [0.29, 0.717) is 0 Å². The number of imide groups is 1. The Hall–Kier alpha value is -2.70. The van der Waals surface area contributed by atoms with Crippen LogP contribution < -0.4 is 0 Å². The van der Waals surface area contributed by atoms with Crippen LogP contribution in [0.25, 0.3) is 0 Å². The van der Waals surface area contributed by atoms with E-state index in [4.69, 9.17) is 9.16 Å². The molecule has 0 spiro atoms. The number of carbonyl (C=O) groups is 2. The molecule has 0 saturated carbocycles. The molecular formula is C25H31NO4Si. The number of allylic oxidation sites excluding steroid dienone is 1. The molecule has 1 saturated heterocycles. The molecule has 1 fully saturated rings. The number of rotatable bonds is 7. The molecular weight excluding hydrogens is 406 g/mol. The number of cyclic esters (lactones) is 1. The molecule has 1 aliphatic heterocycles.